The van der Waals surface area contributed by atoms with Crippen LogP contribution >= 0.6 is 0 Å². The Morgan fingerprint density at radius 2 is 1.83 bits per heavy atom. The molecule has 3 aromatic rings. The van der Waals surface area contributed by atoms with Crippen LogP contribution in [-0.4, -0.2) is 10.9 Å². The van der Waals surface area contributed by atoms with E-state index in [0.29, 0.717) is 12.2 Å². The van der Waals surface area contributed by atoms with E-state index in [1.165, 1.54) is 0 Å². The number of carbonyl (C=O) groups excluding carboxylic acids is 1. The number of hydrogen-bond acceptors (Lipinski definition) is 4. The Morgan fingerprint density at radius 3 is 2.67 bits per heavy atom. The highest BCUT2D eigenvalue weighted by Crippen LogP contribution is 2.31. The van der Waals surface area contributed by atoms with Crippen molar-refractivity contribution in [3.8, 4) is 0 Å². The first-order valence-corrected chi connectivity index (χ1v) is 7.68. The SMILES string of the molecule is Nc1ccc2c(c1)CN(c1cccc(Nc3ccncc3)c1)C2=O. The lowest BCUT2D eigenvalue weighted by molar-refractivity contribution is 0.0996. The monoisotopic (exact) mass is 316 g/mol. The Hall–Kier alpha value is -3.34. The summed E-state index contributed by atoms with van der Waals surface area (Å²) in [5.41, 5.74) is 10.9. The van der Waals surface area contributed by atoms with Gasteiger partial charge in [0.1, 0.15) is 0 Å². The average molecular weight is 316 g/mol. The van der Waals surface area contributed by atoms with Crippen LogP contribution in [0.5, 0.6) is 0 Å². The van der Waals surface area contributed by atoms with Crippen molar-refractivity contribution in [1.82, 2.24) is 4.98 Å². The fourth-order valence-corrected chi connectivity index (χ4v) is 2.90. The van der Waals surface area contributed by atoms with Crippen molar-refractivity contribution in [3.05, 3.63) is 78.1 Å². The third-order valence-electron chi connectivity index (χ3n) is 4.06. The highest BCUT2D eigenvalue weighted by atomic mass is 16.2. The lowest BCUT2D eigenvalue weighted by Gasteiger charge is -2.17. The van der Waals surface area contributed by atoms with Crippen molar-refractivity contribution in [2.24, 2.45) is 0 Å². The van der Waals surface area contributed by atoms with Gasteiger partial charge in [-0.15, -0.1) is 0 Å². The Morgan fingerprint density at radius 1 is 1.00 bits per heavy atom. The van der Waals surface area contributed by atoms with Crippen LogP contribution in [0.3, 0.4) is 0 Å². The van der Waals surface area contributed by atoms with Gasteiger partial charge in [0.05, 0.1) is 6.54 Å². The molecule has 0 radical (unpaired) electrons. The molecule has 4 rings (SSSR count). The lowest BCUT2D eigenvalue weighted by atomic mass is 10.1. The standard InChI is InChI=1S/C19H16N4O/c20-14-4-5-18-13(10-14)12-23(19(18)24)17-3-1-2-16(11-17)22-15-6-8-21-9-7-15/h1-11H,12,20H2,(H,21,22). The molecule has 0 saturated carbocycles. The first-order valence-electron chi connectivity index (χ1n) is 7.68. The largest absolute Gasteiger partial charge is 0.399 e. The quantitative estimate of drug-likeness (QED) is 0.725. The van der Waals surface area contributed by atoms with Gasteiger partial charge in [-0.3, -0.25) is 9.78 Å². The summed E-state index contributed by atoms with van der Waals surface area (Å²) in [6.07, 6.45) is 3.47. The zero-order valence-corrected chi connectivity index (χ0v) is 12.9. The van der Waals surface area contributed by atoms with Crippen LogP contribution in [0.1, 0.15) is 15.9 Å². The predicted octanol–water partition coefficient (Wildman–Crippen LogP) is 3.57. The number of aromatic nitrogens is 1. The number of fused-ring (bicyclic) bond motifs is 1. The van der Waals surface area contributed by atoms with Gasteiger partial charge >= 0.3 is 0 Å². The number of amides is 1. The maximum atomic E-state index is 12.6. The van der Waals surface area contributed by atoms with Gasteiger partial charge < -0.3 is 16.0 Å². The maximum Gasteiger partial charge on any atom is 0.258 e. The molecule has 0 aliphatic carbocycles. The molecule has 1 aromatic heterocycles. The molecule has 0 atom stereocenters. The summed E-state index contributed by atoms with van der Waals surface area (Å²) in [5.74, 6) is 0.00561. The summed E-state index contributed by atoms with van der Waals surface area (Å²) in [6.45, 7) is 0.540. The van der Waals surface area contributed by atoms with Crippen LogP contribution in [0.25, 0.3) is 0 Å². The number of nitrogens with two attached hydrogens (primary N) is 1. The van der Waals surface area contributed by atoms with Crippen molar-refractivity contribution in [2.45, 2.75) is 6.54 Å². The summed E-state index contributed by atoms with van der Waals surface area (Å²) in [6, 6.07) is 17.0. The molecule has 1 aliphatic rings. The van der Waals surface area contributed by atoms with Crippen LogP contribution in [0.15, 0.2) is 67.0 Å². The van der Waals surface area contributed by atoms with Gasteiger partial charge in [-0.25, -0.2) is 0 Å². The highest BCUT2D eigenvalue weighted by Gasteiger charge is 2.28. The predicted molar refractivity (Wildman–Crippen MR) is 95.3 cm³/mol. The maximum absolute atomic E-state index is 12.6. The second kappa shape index (κ2) is 5.70. The summed E-state index contributed by atoms with van der Waals surface area (Å²) in [5, 5.41) is 3.31. The van der Waals surface area contributed by atoms with Crippen LogP contribution < -0.4 is 16.0 Å². The lowest BCUT2D eigenvalue weighted by Crippen LogP contribution is -2.22. The number of pyridine rings is 1. The van der Waals surface area contributed by atoms with E-state index in [4.69, 9.17) is 5.73 Å². The van der Waals surface area contributed by atoms with Gasteiger partial charge in [0.15, 0.2) is 0 Å². The van der Waals surface area contributed by atoms with E-state index in [2.05, 4.69) is 10.3 Å². The normalized spacial score (nSPS) is 13.0. The second-order valence-corrected chi connectivity index (χ2v) is 5.72. The molecule has 5 nitrogen and oxygen atoms in total. The molecule has 0 saturated heterocycles. The van der Waals surface area contributed by atoms with E-state index in [1.807, 2.05) is 42.5 Å². The molecule has 0 unspecified atom stereocenters. The number of nitrogen functional groups attached to an aromatic ring is 1. The van der Waals surface area contributed by atoms with Crippen molar-refractivity contribution >= 4 is 28.7 Å². The molecular weight excluding hydrogens is 300 g/mol. The Bertz CT molecular complexity index is 908. The molecule has 118 valence electrons. The first kappa shape index (κ1) is 14.3. The van der Waals surface area contributed by atoms with Gasteiger partial charge in [0.25, 0.3) is 5.91 Å². The van der Waals surface area contributed by atoms with Crippen LogP contribution in [0, 0.1) is 0 Å². The van der Waals surface area contributed by atoms with E-state index >= 15 is 0 Å². The van der Waals surface area contributed by atoms with E-state index < -0.39 is 0 Å². The first-order chi connectivity index (χ1) is 11.7. The van der Waals surface area contributed by atoms with E-state index in [0.717, 1.165) is 28.2 Å². The number of nitrogens with one attached hydrogen (secondary N) is 1. The zero-order valence-electron chi connectivity index (χ0n) is 12.9. The molecule has 24 heavy (non-hydrogen) atoms. The minimum absolute atomic E-state index is 0.00561. The van der Waals surface area contributed by atoms with Gasteiger partial charge in [0, 0.05) is 40.7 Å². The summed E-state index contributed by atoms with van der Waals surface area (Å²) in [4.78, 5) is 18.4. The third kappa shape index (κ3) is 2.56. The molecular formula is C19H16N4O. The Labute approximate surface area is 139 Å². The van der Waals surface area contributed by atoms with Crippen molar-refractivity contribution in [3.63, 3.8) is 0 Å². The molecule has 3 N–H and O–H groups in total. The zero-order chi connectivity index (χ0) is 16.5. The number of hydrogen-bond donors (Lipinski definition) is 2. The van der Waals surface area contributed by atoms with Crippen molar-refractivity contribution in [2.75, 3.05) is 16.0 Å². The fraction of sp³-hybridized carbons (Fsp3) is 0.0526. The average Bonchev–Trinajstić information content (AvgIpc) is 2.92. The molecule has 5 heteroatoms. The van der Waals surface area contributed by atoms with Gasteiger partial charge in [-0.2, -0.15) is 0 Å². The minimum Gasteiger partial charge on any atom is -0.399 e. The molecule has 2 aromatic carbocycles. The van der Waals surface area contributed by atoms with Crippen LogP contribution in [0.2, 0.25) is 0 Å². The number of anilines is 4. The molecule has 1 aliphatic heterocycles. The molecule has 0 spiro atoms. The van der Waals surface area contributed by atoms with Crippen molar-refractivity contribution < 1.29 is 4.79 Å². The summed E-state index contributed by atoms with van der Waals surface area (Å²) < 4.78 is 0. The van der Waals surface area contributed by atoms with Gasteiger partial charge in [0.2, 0.25) is 0 Å². The summed E-state index contributed by atoms with van der Waals surface area (Å²) >= 11 is 0. The highest BCUT2D eigenvalue weighted by molar-refractivity contribution is 6.10. The van der Waals surface area contributed by atoms with Crippen LogP contribution in [-0.2, 0) is 6.54 Å². The van der Waals surface area contributed by atoms with Gasteiger partial charge in [-0.05, 0) is 54.1 Å². The Balaban J connectivity index is 1.62. The number of carbonyl (C=O) groups is 1. The minimum atomic E-state index is 0.00561. The summed E-state index contributed by atoms with van der Waals surface area (Å²) in [7, 11) is 0. The number of rotatable bonds is 3. The van der Waals surface area contributed by atoms with E-state index in [9.17, 15) is 4.79 Å². The van der Waals surface area contributed by atoms with Crippen LogP contribution in [0.4, 0.5) is 22.7 Å². The molecule has 1 amide bonds. The smallest absolute Gasteiger partial charge is 0.258 e. The van der Waals surface area contributed by atoms with Gasteiger partial charge in [-0.1, -0.05) is 6.07 Å². The number of nitrogens with zero attached hydrogens (tertiary/aromatic N) is 2. The van der Waals surface area contributed by atoms with E-state index in [-0.39, 0.29) is 5.91 Å². The fourth-order valence-electron chi connectivity index (χ4n) is 2.90. The molecule has 0 bridgehead atoms. The second-order valence-electron chi connectivity index (χ2n) is 5.72. The molecule has 0 fully saturated rings. The third-order valence-corrected chi connectivity index (χ3v) is 4.06. The van der Waals surface area contributed by atoms with Crippen molar-refractivity contribution in [1.29, 1.82) is 0 Å². The van der Waals surface area contributed by atoms with E-state index in [1.54, 1.807) is 29.4 Å². The Kier molecular flexibility index (Phi) is 3.39. The topological polar surface area (TPSA) is 71.2 Å². The molecule has 2 heterocycles. The number of benzene rings is 2.